The van der Waals surface area contributed by atoms with Gasteiger partial charge in [0.1, 0.15) is 0 Å². The molecule has 1 aliphatic rings. The van der Waals surface area contributed by atoms with E-state index in [4.69, 9.17) is 0 Å². The molecule has 0 fully saturated rings. The van der Waals surface area contributed by atoms with Crippen molar-refractivity contribution in [3.8, 4) is 0 Å². The van der Waals surface area contributed by atoms with Crippen LogP contribution in [0, 0.1) is 0 Å². The SMILES string of the molecule is CC=CC=[CH][Ru][C]1(C)C=C(C)C=N1. The summed E-state index contributed by atoms with van der Waals surface area (Å²) in [5.41, 5.74) is 1.29. The van der Waals surface area contributed by atoms with E-state index in [1.54, 1.807) is 0 Å². The minimum atomic E-state index is 0.0921. The molecular formula is C11H15NRu. The van der Waals surface area contributed by atoms with Crippen LogP contribution in [-0.4, -0.2) is 10.3 Å². The molecule has 72 valence electrons. The van der Waals surface area contributed by atoms with E-state index < -0.39 is 0 Å². The van der Waals surface area contributed by atoms with Gasteiger partial charge in [-0.15, -0.1) is 0 Å². The fourth-order valence-electron chi connectivity index (χ4n) is 1.07. The number of aliphatic imine (C=N–C) groups is 1. The maximum absolute atomic E-state index is 4.49. The number of hydrogen-bond acceptors (Lipinski definition) is 1. The van der Waals surface area contributed by atoms with Gasteiger partial charge in [-0.1, -0.05) is 0 Å². The zero-order chi connectivity index (χ0) is 9.73. The fraction of sp³-hybridized carbons (Fsp3) is 0.364. The minimum absolute atomic E-state index is 0.0921. The number of rotatable bonds is 3. The van der Waals surface area contributed by atoms with Gasteiger partial charge in [0.2, 0.25) is 0 Å². The van der Waals surface area contributed by atoms with Gasteiger partial charge in [-0.3, -0.25) is 0 Å². The van der Waals surface area contributed by atoms with Gasteiger partial charge in [0.15, 0.2) is 0 Å². The van der Waals surface area contributed by atoms with Crippen molar-refractivity contribution in [3.05, 3.63) is 34.5 Å². The Labute approximate surface area is 87.9 Å². The molecule has 0 saturated carbocycles. The Morgan fingerprint density at radius 2 is 2.23 bits per heavy atom. The van der Waals surface area contributed by atoms with Crippen molar-refractivity contribution in [1.29, 1.82) is 0 Å². The summed E-state index contributed by atoms with van der Waals surface area (Å²) in [6.07, 6.45) is 10.4. The van der Waals surface area contributed by atoms with Crippen molar-refractivity contribution in [2.24, 2.45) is 4.99 Å². The quantitative estimate of drug-likeness (QED) is 0.548. The second-order valence-corrected chi connectivity index (χ2v) is 5.92. The topological polar surface area (TPSA) is 12.4 Å². The first kappa shape index (κ1) is 10.6. The van der Waals surface area contributed by atoms with Crippen molar-refractivity contribution in [3.63, 3.8) is 0 Å². The molecule has 0 aliphatic carbocycles. The van der Waals surface area contributed by atoms with E-state index in [9.17, 15) is 0 Å². The van der Waals surface area contributed by atoms with Crippen molar-refractivity contribution in [1.82, 2.24) is 0 Å². The summed E-state index contributed by atoms with van der Waals surface area (Å²) in [5, 5.41) is 0. The van der Waals surface area contributed by atoms with E-state index >= 15 is 0 Å². The number of nitrogens with zero attached hydrogens (tertiary/aromatic N) is 1. The van der Waals surface area contributed by atoms with Crippen LogP contribution in [-0.2, 0) is 17.1 Å². The van der Waals surface area contributed by atoms with Crippen molar-refractivity contribution in [2.75, 3.05) is 0 Å². The molecule has 1 atom stereocenters. The molecule has 0 amide bonds. The van der Waals surface area contributed by atoms with E-state index in [0.717, 1.165) is 0 Å². The van der Waals surface area contributed by atoms with Crippen LogP contribution in [0.4, 0.5) is 0 Å². The predicted octanol–water partition coefficient (Wildman–Crippen LogP) is 2.91. The van der Waals surface area contributed by atoms with Gasteiger partial charge in [0.05, 0.1) is 0 Å². The van der Waals surface area contributed by atoms with Crippen molar-refractivity contribution in [2.45, 2.75) is 24.9 Å². The molecule has 1 heterocycles. The Morgan fingerprint density at radius 3 is 2.77 bits per heavy atom. The molecule has 1 rings (SSSR count). The summed E-state index contributed by atoms with van der Waals surface area (Å²) in [6.45, 7) is 6.32. The molecule has 0 saturated heterocycles. The molecular weight excluding hydrogens is 247 g/mol. The number of allylic oxidation sites excluding steroid dienone is 4. The Kier molecular flexibility index (Phi) is 3.80. The maximum atomic E-state index is 4.49. The summed E-state index contributed by atoms with van der Waals surface area (Å²) < 4.78 is 2.34. The Bertz CT molecular complexity index is 286. The molecule has 0 aromatic heterocycles. The molecule has 1 nitrogen and oxygen atoms in total. The van der Waals surface area contributed by atoms with Gasteiger partial charge in [0.25, 0.3) is 0 Å². The van der Waals surface area contributed by atoms with Crippen LogP contribution < -0.4 is 0 Å². The van der Waals surface area contributed by atoms with Crippen LogP contribution in [0.3, 0.4) is 0 Å². The van der Waals surface area contributed by atoms with Crippen LogP contribution in [0.5, 0.6) is 0 Å². The summed E-state index contributed by atoms with van der Waals surface area (Å²) in [7, 11) is 0. The van der Waals surface area contributed by atoms with E-state index in [1.165, 1.54) is 5.57 Å². The molecule has 0 N–H and O–H groups in total. The first-order chi connectivity index (χ1) is 6.16. The predicted molar refractivity (Wildman–Crippen MR) is 54.6 cm³/mol. The van der Waals surface area contributed by atoms with Crippen LogP contribution in [0.15, 0.2) is 39.5 Å². The third-order valence-electron chi connectivity index (χ3n) is 1.64. The third kappa shape index (κ3) is 3.40. The Morgan fingerprint density at radius 1 is 1.46 bits per heavy atom. The van der Waals surface area contributed by atoms with Gasteiger partial charge >= 0.3 is 87.8 Å². The molecule has 0 aromatic carbocycles. The molecule has 0 radical (unpaired) electrons. The van der Waals surface area contributed by atoms with E-state index in [1.807, 2.05) is 19.2 Å². The van der Waals surface area contributed by atoms with Crippen molar-refractivity contribution >= 4 is 6.21 Å². The standard InChI is InChI=1S/C6H8N.C5H7.Ru/c1-5-3-6(2)7-4-5;1-3-5-4-2;/h3-4H,1-2H3;1,3-5H,2H3;. The van der Waals surface area contributed by atoms with Crippen LogP contribution >= 0.6 is 0 Å². The fourth-order valence-corrected chi connectivity index (χ4v) is 2.80. The summed E-state index contributed by atoms with van der Waals surface area (Å²) >= 11 is 0.171. The average Bonchev–Trinajstić information content (AvgIpc) is 2.41. The molecule has 13 heavy (non-hydrogen) atoms. The molecule has 0 aromatic rings. The zero-order valence-corrected chi connectivity index (χ0v) is 10.0. The van der Waals surface area contributed by atoms with Gasteiger partial charge in [-0.2, -0.15) is 0 Å². The average molecular weight is 262 g/mol. The van der Waals surface area contributed by atoms with Gasteiger partial charge in [0, 0.05) is 0 Å². The third-order valence-corrected chi connectivity index (χ3v) is 3.76. The first-order valence-electron chi connectivity index (χ1n) is 4.31. The number of hydrogen-bond donors (Lipinski definition) is 0. The molecule has 1 unspecified atom stereocenters. The second-order valence-electron chi connectivity index (χ2n) is 3.08. The van der Waals surface area contributed by atoms with Crippen molar-refractivity contribution < 1.29 is 17.1 Å². The van der Waals surface area contributed by atoms with E-state index in [2.05, 4.69) is 41.7 Å². The van der Waals surface area contributed by atoms with Gasteiger partial charge in [-0.05, 0) is 0 Å². The normalized spacial score (nSPS) is 28.1. The second kappa shape index (κ2) is 4.67. The van der Waals surface area contributed by atoms with Gasteiger partial charge in [-0.25, -0.2) is 0 Å². The van der Waals surface area contributed by atoms with E-state index in [-0.39, 0.29) is 21.3 Å². The molecule has 0 bridgehead atoms. The summed E-state index contributed by atoms with van der Waals surface area (Å²) in [6, 6.07) is 0. The van der Waals surface area contributed by atoms with E-state index in [0.29, 0.717) is 0 Å². The van der Waals surface area contributed by atoms with Crippen LogP contribution in [0.25, 0.3) is 0 Å². The molecule has 1 aliphatic heterocycles. The Hall–Kier alpha value is -0.487. The zero-order valence-electron chi connectivity index (χ0n) is 8.26. The summed E-state index contributed by atoms with van der Waals surface area (Å²) in [5.74, 6) is 0. The van der Waals surface area contributed by atoms with Crippen LogP contribution in [0.1, 0.15) is 20.8 Å². The Balaban J connectivity index is 2.50. The van der Waals surface area contributed by atoms with Gasteiger partial charge < -0.3 is 0 Å². The molecule has 0 spiro atoms. The first-order valence-corrected chi connectivity index (χ1v) is 6.18. The van der Waals surface area contributed by atoms with Crippen LogP contribution in [0.2, 0.25) is 0 Å². The monoisotopic (exact) mass is 263 g/mol. The summed E-state index contributed by atoms with van der Waals surface area (Å²) in [4.78, 5) is 4.49. The molecule has 2 heteroatoms.